The van der Waals surface area contributed by atoms with Gasteiger partial charge in [-0.3, -0.25) is 0 Å². The van der Waals surface area contributed by atoms with Crippen molar-refractivity contribution in [1.29, 1.82) is 0 Å². The number of hydrogen-bond donors (Lipinski definition) is 0. The van der Waals surface area contributed by atoms with E-state index >= 15 is 0 Å². The van der Waals surface area contributed by atoms with Gasteiger partial charge in [0, 0.05) is 78.5 Å². The van der Waals surface area contributed by atoms with Crippen molar-refractivity contribution >= 4 is 123 Å². The van der Waals surface area contributed by atoms with Crippen LogP contribution in [0.25, 0.3) is 0 Å². The summed E-state index contributed by atoms with van der Waals surface area (Å²) >= 11 is 21.0. The largest absolute Gasteiger partial charge is 0.640 e. The SMILES string of the molecule is C.CC(C)OB1OC(C)(C)C(C)(C)O1.CC1(C)OB(c2c(N(c3ccccc3)c3ccccc3)cc(Cl)cc2N(c2ccccc2)c2ccccc2)OC1(C)C.Clc1cc(N(c2ccccc2)c2ccccc2)c(Cl)c(N(c2ccccc2)c2ccccc2)c1. The van der Waals surface area contributed by atoms with Gasteiger partial charge in [-0.2, -0.15) is 0 Å². The molecule has 14 heteroatoms. The molecule has 0 spiro atoms. The molecule has 0 N–H and O–H groups in total. The predicted octanol–water partition coefficient (Wildman–Crippen LogP) is 22.1. The van der Waals surface area contributed by atoms with Crippen LogP contribution in [0.5, 0.6) is 0 Å². The molecule has 0 aliphatic carbocycles. The molecular formula is C76H79B2Cl3N4O5. The van der Waals surface area contributed by atoms with Gasteiger partial charge in [0.1, 0.15) is 0 Å². The summed E-state index contributed by atoms with van der Waals surface area (Å²) in [4.78, 5) is 8.71. The van der Waals surface area contributed by atoms with Gasteiger partial charge in [0.25, 0.3) is 0 Å². The third kappa shape index (κ3) is 15.2. The maximum atomic E-state index is 7.23. The first-order chi connectivity index (χ1) is 42.7. The lowest BCUT2D eigenvalue weighted by atomic mass is 9.75. The molecule has 0 radical (unpaired) electrons. The molecule has 2 heterocycles. The average molecular weight is 1260 g/mol. The van der Waals surface area contributed by atoms with Crippen molar-refractivity contribution in [1.82, 2.24) is 0 Å². The Balaban J connectivity index is 0.000000179. The Morgan fingerprint density at radius 1 is 0.322 bits per heavy atom. The van der Waals surface area contributed by atoms with Crippen LogP contribution in [0.4, 0.5) is 68.2 Å². The Bertz CT molecular complexity index is 3480. The molecule has 2 saturated heterocycles. The van der Waals surface area contributed by atoms with E-state index in [2.05, 4.69) is 144 Å². The summed E-state index contributed by atoms with van der Waals surface area (Å²) in [5.74, 6) is 0. The molecule has 90 heavy (non-hydrogen) atoms. The fraction of sp³-hybridized carbons (Fsp3) is 0.211. The van der Waals surface area contributed by atoms with Gasteiger partial charge in [-0.15, -0.1) is 0 Å². The Labute approximate surface area is 549 Å². The van der Waals surface area contributed by atoms with Crippen LogP contribution in [-0.4, -0.2) is 42.9 Å². The van der Waals surface area contributed by atoms with Gasteiger partial charge in [-0.1, -0.05) is 188 Å². The minimum absolute atomic E-state index is 0. The van der Waals surface area contributed by atoms with E-state index in [4.69, 9.17) is 58.1 Å². The minimum Gasteiger partial charge on any atom is -0.399 e. The van der Waals surface area contributed by atoms with Crippen LogP contribution < -0.4 is 25.1 Å². The van der Waals surface area contributed by atoms with Gasteiger partial charge in [0.2, 0.25) is 0 Å². The lowest BCUT2D eigenvalue weighted by Crippen LogP contribution is -2.41. The molecule has 10 aromatic rings. The summed E-state index contributed by atoms with van der Waals surface area (Å²) in [6, 6.07) is 89.9. The molecule has 2 fully saturated rings. The Morgan fingerprint density at radius 3 is 0.744 bits per heavy atom. The average Bonchev–Trinajstić information content (AvgIpc) is 1.35. The monoisotopic (exact) mass is 1250 g/mol. The van der Waals surface area contributed by atoms with Crippen molar-refractivity contribution in [3.63, 3.8) is 0 Å². The van der Waals surface area contributed by atoms with Gasteiger partial charge in [0.15, 0.2) is 0 Å². The zero-order chi connectivity index (χ0) is 62.9. The van der Waals surface area contributed by atoms with Crippen molar-refractivity contribution in [3.8, 4) is 0 Å². The van der Waals surface area contributed by atoms with Crippen LogP contribution in [0.3, 0.4) is 0 Å². The third-order valence-electron chi connectivity index (χ3n) is 16.3. The van der Waals surface area contributed by atoms with E-state index < -0.39 is 25.6 Å². The molecule has 0 saturated carbocycles. The summed E-state index contributed by atoms with van der Waals surface area (Å²) in [6.07, 6.45) is 0.120. The standard InChI is InChI=1S/C36H34BClN2O2.C30H22Cl2N2.C9H19BO3.CH4/c1-35(2)36(3,4)42-37(41-35)34-32(39(28-17-9-5-10-18-28)29-19-11-6-12-20-29)25-27(38)26-33(34)40(30-21-13-7-14-22-30)31-23-15-8-16-24-31;31-23-21-28(33(24-13-5-1-6-14-24)25-15-7-2-8-16-25)30(32)29(22-23)34(26-17-9-3-10-18-26)27-19-11-4-12-20-27;1-7(2)11-10-12-8(3,4)9(5,6)13-10;/h5-26H,1-4H3;1-22H;7H,1-6H3;1H4. The maximum Gasteiger partial charge on any atom is 0.640 e. The second-order valence-corrected chi connectivity index (χ2v) is 25.2. The van der Waals surface area contributed by atoms with Crippen LogP contribution in [0.2, 0.25) is 15.1 Å². The molecule has 0 amide bonds. The fourth-order valence-electron chi connectivity index (χ4n) is 10.4. The first-order valence-electron chi connectivity index (χ1n) is 30.0. The van der Waals surface area contributed by atoms with E-state index in [1.54, 1.807) is 0 Å². The zero-order valence-corrected chi connectivity index (χ0v) is 54.4. The molecule has 12 rings (SSSR count). The molecule has 9 nitrogen and oxygen atoms in total. The highest BCUT2D eigenvalue weighted by Crippen LogP contribution is 2.49. The third-order valence-corrected chi connectivity index (χ3v) is 17.1. The van der Waals surface area contributed by atoms with Crippen LogP contribution in [0, 0.1) is 0 Å². The van der Waals surface area contributed by atoms with Gasteiger partial charge in [-0.05, 0) is 191 Å². The number of halogens is 3. The molecule has 0 atom stereocenters. The second-order valence-electron chi connectivity index (χ2n) is 24.0. The lowest BCUT2D eigenvalue weighted by molar-refractivity contribution is 0.00578. The van der Waals surface area contributed by atoms with Crippen LogP contribution in [0.15, 0.2) is 267 Å². The van der Waals surface area contributed by atoms with Crippen LogP contribution >= 0.6 is 34.8 Å². The molecule has 0 aromatic heterocycles. The number of para-hydroxylation sites is 8. The first-order valence-corrected chi connectivity index (χ1v) is 31.2. The Morgan fingerprint density at radius 2 is 0.522 bits per heavy atom. The van der Waals surface area contributed by atoms with E-state index in [0.717, 1.165) is 73.7 Å². The number of anilines is 12. The number of hydrogen-bond acceptors (Lipinski definition) is 9. The zero-order valence-electron chi connectivity index (χ0n) is 52.1. The fourth-order valence-corrected chi connectivity index (χ4v) is 11.1. The molecule has 10 aromatic carbocycles. The normalized spacial score (nSPS) is 14.9. The minimum atomic E-state index is -0.665. The van der Waals surface area contributed by atoms with Crippen molar-refractivity contribution in [2.24, 2.45) is 0 Å². The number of rotatable bonds is 15. The molecule has 2 aliphatic rings. The van der Waals surface area contributed by atoms with Crippen molar-refractivity contribution in [3.05, 3.63) is 282 Å². The second kappa shape index (κ2) is 29.0. The molecule has 460 valence electrons. The summed E-state index contributed by atoms with van der Waals surface area (Å²) in [5, 5.41) is 1.81. The summed E-state index contributed by atoms with van der Waals surface area (Å²) in [7, 11) is -1.19. The van der Waals surface area contributed by atoms with Crippen molar-refractivity contribution in [2.75, 3.05) is 19.6 Å². The van der Waals surface area contributed by atoms with E-state index in [1.807, 2.05) is 211 Å². The highest BCUT2D eigenvalue weighted by molar-refractivity contribution is 6.66. The summed E-state index contributed by atoms with van der Waals surface area (Å²) in [5.41, 5.74) is 10.6. The van der Waals surface area contributed by atoms with E-state index in [0.29, 0.717) is 15.1 Å². The summed E-state index contributed by atoms with van der Waals surface area (Å²) in [6.45, 7) is 20.3. The van der Waals surface area contributed by atoms with E-state index in [9.17, 15) is 0 Å². The van der Waals surface area contributed by atoms with E-state index in [1.165, 1.54) is 0 Å². The molecule has 0 unspecified atom stereocenters. The lowest BCUT2D eigenvalue weighted by Gasteiger charge is -2.33. The molecule has 0 bridgehead atoms. The maximum absolute atomic E-state index is 7.23. The highest BCUT2D eigenvalue weighted by atomic mass is 35.5. The summed E-state index contributed by atoms with van der Waals surface area (Å²) < 4.78 is 30.3. The number of nitrogens with zero attached hydrogens (tertiary/aromatic N) is 4. The quantitative estimate of drug-likeness (QED) is 0.0934. The Kier molecular flexibility index (Phi) is 21.5. The van der Waals surface area contributed by atoms with Gasteiger partial charge in [-0.25, -0.2) is 0 Å². The van der Waals surface area contributed by atoms with Crippen molar-refractivity contribution in [2.45, 2.75) is 105 Å². The molecular weight excluding hydrogens is 1180 g/mol. The predicted molar refractivity (Wildman–Crippen MR) is 381 cm³/mol. The Hall–Kier alpha value is -7.80. The van der Waals surface area contributed by atoms with Gasteiger partial charge >= 0.3 is 14.4 Å². The topological polar surface area (TPSA) is 59.1 Å². The van der Waals surface area contributed by atoms with Crippen LogP contribution in [0.1, 0.15) is 76.7 Å². The molecule has 2 aliphatic heterocycles. The van der Waals surface area contributed by atoms with Gasteiger partial charge < -0.3 is 42.9 Å². The van der Waals surface area contributed by atoms with Crippen LogP contribution in [-0.2, 0) is 23.3 Å². The van der Waals surface area contributed by atoms with Gasteiger partial charge in [0.05, 0.1) is 38.8 Å². The highest BCUT2D eigenvalue weighted by Gasteiger charge is 2.55. The van der Waals surface area contributed by atoms with Crippen molar-refractivity contribution < 1.29 is 23.3 Å². The van der Waals surface area contributed by atoms with E-state index in [-0.39, 0.29) is 24.7 Å². The smallest absolute Gasteiger partial charge is 0.399 e. The number of benzene rings is 10. The first kappa shape index (κ1) is 66.6.